The molecule has 1 amide bonds. The highest BCUT2D eigenvalue weighted by Crippen LogP contribution is 2.43. The first-order chi connectivity index (χ1) is 14.8. The third kappa shape index (κ3) is 4.10. The minimum atomic E-state index is -0.538. The molecule has 5 nitrogen and oxygen atoms in total. The largest absolute Gasteiger partial charge is 0.488 e. The standard InChI is InChI=1S/C25H25FN2O3/c1-14-4-5-18(24(27)29)12-21(14)28-16(3)11-22(23(25(28)30)17-6-7-17)31-13-19-8-9-20(26)10-15(19)2/h4-5,8-12,17H,6-7,13H2,1-3H3,(H2,27,29). The Balaban J connectivity index is 1.77. The van der Waals surface area contributed by atoms with Crippen LogP contribution < -0.4 is 16.0 Å². The third-order valence-electron chi connectivity index (χ3n) is 5.80. The Kier molecular flexibility index (Phi) is 5.39. The van der Waals surface area contributed by atoms with E-state index in [-0.39, 0.29) is 23.9 Å². The second kappa shape index (κ2) is 8.02. The van der Waals surface area contributed by atoms with Gasteiger partial charge in [-0.05, 0) is 80.5 Å². The van der Waals surface area contributed by atoms with Crippen molar-refractivity contribution in [1.82, 2.24) is 4.57 Å². The molecule has 1 aliphatic carbocycles. The molecule has 1 saturated carbocycles. The molecule has 0 atom stereocenters. The Labute approximate surface area is 180 Å². The van der Waals surface area contributed by atoms with E-state index in [1.54, 1.807) is 28.8 Å². The molecule has 1 aromatic heterocycles. The molecule has 0 saturated heterocycles. The SMILES string of the molecule is Cc1cc(F)ccc1COc1cc(C)n(-c2cc(C(N)=O)ccc2C)c(=O)c1C1CC1. The summed E-state index contributed by atoms with van der Waals surface area (Å²) in [6, 6.07) is 11.6. The number of primary amides is 1. The van der Waals surface area contributed by atoms with Gasteiger partial charge >= 0.3 is 0 Å². The number of carbonyl (C=O) groups is 1. The molecule has 3 aromatic rings. The van der Waals surface area contributed by atoms with Gasteiger partial charge in [0.1, 0.15) is 18.2 Å². The Morgan fingerprint density at radius 1 is 1.10 bits per heavy atom. The van der Waals surface area contributed by atoms with Gasteiger partial charge in [-0.2, -0.15) is 0 Å². The van der Waals surface area contributed by atoms with E-state index in [2.05, 4.69) is 0 Å². The van der Waals surface area contributed by atoms with Crippen LogP contribution in [0.2, 0.25) is 0 Å². The molecule has 1 fully saturated rings. The molecule has 160 valence electrons. The van der Waals surface area contributed by atoms with Gasteiger partial charge in [0.05, 0.1) is 11.3 Å². The summed E-state index contributed by atoms with van der Waals surface area (Å²) in [5.74, 6) is -0.104. The lowest BCUT2D eigenvalue weighted by atomic mass is 10.1. The molecule has 2 aromatic carbocycles. The topological polar surface area (TPSA) is 74.3 Å². The van der Waals surface area contributed by atoms with E-state index >= 15 is 0 Å². The average Bonchev–Trinajstić information content (AvgIpc) is 3.53. The zero-order valence-corrected chi connectivity index (χ0v) is 17.9. The minimum absolute atomic E-state index is 0.141. The number of aromatic nitrogens is 1. The number of nitrogens with zero attached hydrogens (tertiary/aromatic N) is 1. The van der Waals surface area contributed by atoms with Crippen LogP contribution in [0.25, 0.3) is 5.69 Å². The van der Waals surface area contributed by atoms with Crippen LogP contribution in [0.1, 0.15) is 57.1 Å². The number of pyridine rings is 1. The second-order valence-electron chi connectivity index (χ2n) is 8.20. The zero-order valence-electron chi connectivity index (χ0n) is 17.9. The van der Waals surface area contributed by atoms with E-state index < -0.39 is 5.91 Å². The van der Waals surface area contributed by atoms with Gasteiger partial charge in [-0.3, -0.25) is 14.2 Å². The maximum atomic E-state index is 13.6. The second-order valence-corrected chi connectivity index (χ2v) is 8.20. The smallest absolute Gasteiger partial charge is 0.262 e. The van der Waals surface area contributed by atoms with Gasteiger partial charge in [0.2, 0.25) is 5.91 Å². The van der Waals surface area contributed by atoms with Gasteiger partial charge in [0, 0.05) is 17.3 Å². The van der Waals surface area contributed by atoms with Crippen LogP contribution >= 0.6 is 0 Å². The highest BCUT2D eigenvalue weighted by atomic mass is 19.1. The predicted octanol–water partition coefficient (Wildman–Crippen LogP) is 4.46. The van der Waals surface area contributed by atoms with Crippen molar-refractivity contribution in [2.24, 2.45) is 5.73 Å². The molecule has 6 heteroatoms. The van der Waals surface area contributed by atoms with Gasteiger partial charge in [0.15, 0.2) is 0 Å². The lowest BCUT2D eigenvalue weighted by molar-refractivity contribution is 0.1000. The molecule has 0 bridgehead atoms. The predicted molar refractivity (Wildman–Crippen MR) is 117 cm³/mol. The number of rotatable bonds is 6. The Hall–Kier alpha value is -3.41. The normalized spacial score (nSPS) is 13.3. The Morgan fingerprint density at radius 3 is 2.48 bits per heavy atom. The summed E-state index contributed by atoms with van der Waals surface area (Å²) >= 11 is 0. The van der Waals surface area contributed by atoms with Crippen molar-refractivity contribution in [1.29, 1.82) is 0 Å². The first-order valence-electron chi connectivity index (χ1n) is 10.3. The fourth-order valence-electron chi connectivity index (χ4n) is 3.86. The van der Waals surface area contributed by atoms with E-state index in [1.165, 1.54) is 12.1 Å². The van der Waals surface area contributed by atoms with Crippen molar-refractivity contribution in [3.05, 3.63) is 92.1 Å². The van der Waals surface area contributed by atoms with Crippen LogP contribution in [0, 0.1) is 26.6 Å². The van der Waals surface area contributed by atoms with E-state index in [1.807, 2.05) is 26.8 Å². The lowest BCUT2D eigenvalue weighted by Crippen LogP contribution is -2.26. The van der Waals surface area contributed by atoms with Crippen molar-refractivity contribution >= 4 is 5.91 Å². The van der Waals surface area contributed by atoms with Gasteiger partial charge < -0.3 is 10.5 Å². The van der Waals surface area contributed by atoms with Crippen LogP contribution in [-0.2, 0) is 6.61 Å². The van der Waals surface area contributed by atoms with Gasteiger partial charge in [-0.1, -0.05) is 12.1 Å². The van der Waals surface area contributed by atoms with Gasteiger partial charge in [-0.25, -0.2) is 4.39 Å². The van der Waals surface area contributed by atoms with Crippen molar-refractivity contribution < 1.29 is 13.9 Å². The fourth-order valence-corrected chi connectivity index (χ4v) is 3.86. The van der Waals surface area contributed by atoms with Crippen LogP contribution in [0.15, 0.2) is 47.3 Å². The molecule has 2 N–H and O–H groups in total. The molecule has 1 aliphatic rings. The monoisotopic (exact) mass is 420 g/mol. The van der Waals surface area contributed by atoms with Crippen LogP contribution in [0.4, 0.5) is 4.39 Å². The molecule has 1 heterocycles. The number of amides is 1. The van der Waals surface area contributed by atoms with Crippen molar-refractivity contribution in [2.45, 2.75) is 46.1 Å². The van der Waals surface area contributed by atoms with Crippen molar-refractivity contribution in [3.8, 4) is 11.4 Å². The number of nitrogens with two attached hydrogens (primary N) is 1. The molecule has 4 rings (SSSR count). The average molecular weight is 420 g/mol. The van der Waals surface area contributed by atoms with E-state index in [4.69, 9.17) is 10.5 Å². The first kappa shape index (κ1) is 20.8. The Morgan fingerprint density at radius 2 is 1.84 bits per heavy atom. The molecular formula is C25H25FN2O3. The molecule has 0 aliphatic heterocycles. The quantitative estimate of drug-likeness (QED) is 0.640. The summed E-state index contributed by atoms with van der Waals surface area (Å²) in [6.45, 7) is 5.82. The first-order valence-corrected chi connectivity index (χ1v) is 10.3. The molecular weight excluding hydrogens is 395 g/mol. The summed E-state index contributed by atoms with van der Waals surface area (Å²) in [5.41, 5.74) is 10.2. The summed E-state index contributed by atoms with van der Waals surface area (Å²) in [5, 5.41) is 0. The maximum Gasteiger partial charge on any atom is 0.262 e. The zero-order chi connectivity index (χ0) is 22.3. The summed E-state index contributed by atoms with van der Waals surface area (Å²) in [6.07, 6.45) is 1.87. The lowest BCUT2D eigenvalue weighted by Gasteiger charge is -2.19. The summed E-state index contributed by atoms with van der Waals surface area (Å²) in [7, 11) is 0. The highest BCUT2D eigenvalue weighted by molar-refractivity contribution is 5.93. The minimum Gasteiger partial charge on any atom is -0.488 e. The number of hydrogen-bond donors (Lipinski definition) is 1. The number of ether oxygens (including phenoxy) is 1. The number of hydrogen-bond acceptors (Lipinski definition) is 3. The number of halogens is 1. The van der Waals surface area contributed by atoms with Gasteiger partial charge in [-0.15, -0.1) is 0 Å². The van der Waals surface area contributed by atoms with Crippen molar-refractivity contribution in [3.63, 3.8) is 0 Å². The number of aryl methyl sites for hydroxylation is 3. The fraction of sp³-hybridized carbons (Fsp3) is 0.280. The molecule has 0 spiro atoms. The summed E-state index contributed by atoms with van der Waals surface area (Å²) < 4.78 is 21.1. The molecule has 0 unspecified atom stereocenters. The van der Waals surface area contributed by atoms with Crippen LogP contribution in [0.3, 0.4) is 0 Å². The third-order valence-corrected chi connectivity index (χ3v) is 5.80. The van der Waals surface area contributed by atoms with Gasteiger partial charge in [0.25, 0.3) is 5.56 Å². The van der Waals surface area contributed by atoms with E-state index in [0.717, 1.165) is 29.5 Å². The molecule has 0 radical (unpaired) electrons. The Bertz CT molecular complexity index is 1240. The molecule has 31 heavy (non-hydrogen) atoms. The highest BCUT2D eigenvalue weighted by Gasteiger charge is 2.32. The number of benzene rings is 2. The maximum absolute atomic E-state index is 13.6. The van der Waals surface area contributed by atoms with Crippen LogP contribution in [-0.4, -0.2) is 10.5 Å². The summed E-state index contributed by atoms with van der Waals surface area (Å²) in [4.78, 5) is 25.2. The number of carbonyl (C=O) groups excluding carboxylic acids is 1. The van der Waals surface area contributed by atoms with E-state index in [0.29, 0.717) is 28.3 Å². The van der Waals surface area contributed by atoms with Crippen molar-refractivity contribution in [2.75, 3.05) is 0 Å². The van der Waals surface area contributed by atoms with Crippen LogP contribution in [0.5, 0.6) is 5.75 Å². The van der Waals surface area contributed by atoms with E-state index in [9.17, 15) is 14.0 Å².